The zero-order chi connectivity index (χ0) is 17.3. The van der Waals surface area contributed by atoms with Crippen molar-refractivity contribution in [1.29, 1.82) is 0 Å². The van der Waals surface area contributed by atoms with Crippen LogP contribution < -0.4 is 10.6 Å². The Hall–Kier alpha value is -2.22. The molecule has 3 N–H and O–H groups in total. The molecule has 1 aliphatic heterocycles. The quantitative estimate of drug-likeness (QED) is 0.674. The normalized spacial score (nSPS) is 15.2. The van der Waals surface area contributed by atoms with Crippen molar-refractivity contribution in [3.63, 3.8) is 0 Å². The summed E-state index contributed by atoms with van der Waals surface area (Å²) in [5, 5.41) is 6.31. The molecule has 0 radical (unpaired) electrons. The summed E-state index contributed by atoms with van der Waals surface area (Å²) in [6, 6.07) is 7.92. The minimum atomic E-state index is 0.0483. The van der Waals surface area contributed by atoms with Crippen molar-refractivity contribution >= 4 is 11.6 Å². The van der Waals surface area contributed by atoms with E-state index < -0.39 is 0 Å². The fourth-order valence-electron chi connectivity index (χ4n) is 2.79. The van der Waals surface area contributed by atoms with E-state index in [0.29, 0.717) is 13.0 Å². The first kappa shape index (κ1) is 17.6. The highest BCUT2D eigenvalue weighted by Gasteiger charge is 2.12. The van der Waals surface area contributed by atoms with Crippen LogP contribution in [-0.4, -0.2) is 53.6 Å². The Morgan fingerprint density at radius 2 is 2.16 bits per heavy atom. The number of rotatable bonds is 8. The molecule has 134 valence electrons. The van der Waals surface area contributed by atoms with Gasteiger partial charge in [0, 0.05) is 50.7 Å². The maximum absolute atomic E-state index is 12.1. The summed E-state index contributed by atoms with van der Waals surface area (Å²) in [7, 11) is 0. The lowest BCUT2D eigenvalue weighted by atomic mass is 10.2. The summed E-state index contributed by atoms with van der Waals surface area (Å²) in [6.07, 6.45) is 4.05. The molecular formula is C18H25N5O2. The molecule has 1 fully saturated rings. The molecule has 7 nitrogen and oxygen atoms in total. The van der Waals surface area contributed by atoms with E-state index in [-0.39, 0.29) is 5.91 Å². The number of hydrogen-bond donors (Lipinski definition) is 3. The number of anilines is 1. The molecule has 0 atom stereocenters. The Morgan fingerprint density at radius 1 is 1.28 bits per heavy atom. The summed E-state index contributed by atoms with van der Waals surface area (Å²) < 4.78 is 5.32. The van der Waals surface area contributed by atoms with Crippen LogP contribution in [-0.2, 0) is 22.6 Å². The van der Waals surface area contributed by atoms with Crippen molar-refractivity contribution in [2.75, 3.05) is 38.2 Å². The number of nitrogens with zero attached hydrogens (tertiary/aromatic N) is 2. The van der Waals surface area contributed by atoms with Gasteiger partial charge in [0.2, 0.25) is 5.91 Å². The van der Waals surface area contributed by atoms with Gasteiger partial charge in [0.25, 0.3) is 0 Å². The monoisotopic (exact) mass is 343 g/mol. The van der Waals surface area contributed by atoms with Gasteiger partial charge in [-0.2, -0.15) is 0 Å². The molecule has 1 aromatic heterocycles. The van der Waals surface area contributed by atoms with E-state index in [9.17, 15) is 4.79 Å². The van der Waals surface area contributed by atoms with Crippen LogP contribution in [0.4, 0.5) is 5.69 Å². The topological polar surface area (TPSA) is 82.3 Å². The first-order valence-corrected chi connectivity index (χ1v) is 8.67. The largest absolute Gasteiger partial charge is 0.379 e. The number of carbonyl (C=O) groups excluding carboxylic acids is 1. The fourth-order valence-corrected chi connectivity index (χ4v) is 2.79. The Morgan fingerprint density at radius 3 is 2.96 bits per heavy atom. The molecule has 3 rings (SSSR count). The standard InChI is InChI=1S/C18H25N5O2/c24-18(4-7-23-8-10-25-11-9-23)22-16-3-1-2-15(12-16)13-19-14-17-20-5-6-21-17/h1-3,5-6,12,19H,4,7-11,13-14H2,(H,20,21)(H,22,24). The van der Waals surface area contributed by atoms with Crippen LogP contribution in [0.3, 0.4) is 0 Å². The lowest BCUT2D eigenvalue weighted by molar-refractivity contribution is -0.116. The van der Waals surface area contributed by atoms with Crippen LogP contribution in [0.15, 0.2) is 36.7 Å². The number of carbonyl (C=O) groups is 1. The number of aromatic amines is 1. The Labute approximate surface area is 147 Å². The lowest BCUT2D eigenvalue weighted by Gasteiger charge is -2.26. The minimum absolute atomic E-state index is 0.0483. The van der Waals surface area contributed by atoms with Gasteiger partial charge in [-0.25, -0.2) is 4.98 Å². The van der Waals surface area contributed by atoms with Gasteiger partial charge in [-0.3, -0.25) is 9.69 Å². The summed E-state index contributed by atoms with van der Waals surface area (Å²) >= 11 is 0. The molecule has 1 aliphatic rings. The molecule has 2 aromatic rings. The first-order valence-electron chi connectivity index (χ1n) is 8.67. The van der Waals surface area contributed by atoms with Gasteiger partial charge in [0.1, 0.15) is 5.82 Å². The first-order chi connectivity index (χ1) is 12.3. The number of imidazole rings is 1. The number of benzene rings is 1. The molecule has 1 aromatic carbocycles. The molecule has 25 heavy (non-hydrogen) atoms. The maximum Gasteiger partial charge on any atom is 0.225 e. The Balaban J connectivity index is 1.41. The summed E-state index contributed by atoms with van der Waals surface area (Å²) in [5.41, 5.74) is 1.96. The number of ether oxygens (including phenoxy) is 1. The molecule has 0 saturated carbocycles. The molecular weight excluding hydrogens is 318 g/mol. The van der Waals surface area contributed by atoms with Crippen LogP contribution in [0.25, 0.3) is 0 Å². The number of morpholine rings is 1. The predicted molar refractivity (Wildman–Crippen MR) is 96.1 cm³/mol. The molecule has 7 heteroatoms. The van der Waals surface area contributed by atoms with Gasteiger partial charge >= 0.3 is 0 Å². The molecule has 1 saturated heterocycles. The third-order valence-electron chi connectivity index (χ3n) is 4.15. The molecule has 0 aliphatic carbocycles. The van der Waals surface area contributed by atoms with Crippen LogP contribution in [0.5, 0.6) is 0 Å². The van der Waals surface area contributed by atoms with Crippen molar-refractivity contribution in [1.82, 2.24) is 20.2 Å². The predicted octanol–water partition coefficient (Wildman–Crippen LogP) is 1.36. The van der Waals surface area contributed by atoms with E-state index in [1.165, 1.54) is 0 Å². The summed E-state index contributed by atoms with van der Waals surface area (Å²) in [4.78, 5) is 21.6. The average Bonchev–Trinajstić information content (AvgIpc) is 3.15. The number of nitrogens with one attached hydrogen (secondary N) is 3. The average molecular weight is 343 g/mol. The number of H-pyrrole nitrogens is 1. The second kappa shape index (κ2) is 9.31. The highest BCUT2D eigenvalue weighted by Crippen LogP contribution is 2.11. The highest BCUT2D eigenvalue weighted by atomic mass is 16.5. The number of hydrogen-bond acceptors (Lipinski definition) is 5. The van der Waals surface area contributed by atoms with Crippen LogP contribution >= 0.6 is 0 Å². The smallest absolute Gasteiger partial charge is 0.225 e. The fraction of sp³-hybridized carbons (Fsp3) is 0.444. The van der Waals surface area contributed by atoms with Crippen LogP contribution in [0, 0.1) is 0 Å². The summed E-state index contributed by atoms with van der Waals surface area (Å²) in [6.45, 7) is 5.51. The third-order valence-corrected chi connectivity index (χ3v) is 4.15. The van der Waals surface area contributed by atoms with Gasteiger partial charge in [-0.05, 0) is 17.7 Å². The SMILES string of the molecule is O=C(CCN1CCOCC1)Nc1cccc(CNCc2ncc[nH]2)c1. The van der Waals surface area contributed by atoms with Crippen molar-refractivity contribution in [3.8, 4) is 0 Å². The zero-order valence-corrected chi connectivity index (χ0v) is 14.3. The van der Waals surface area contributed by atoms with E-state index >= 15 is 0 Å². The van der Waals surface area contributed by atoms with Gasteiger partial charge in [-0.15, -0.1) is 0 Å². The van der Waals surface area contributed by atoms with Crippen molar-refractivity contribution < 1.29 is 9.53 Å². The van der Waals surface area contributed by atoms with Gasteiger partial charge in [0.05, 0.1) is 19.8 Å². The third kappa shape index (κ3) is 5.97. The van der Waals surface area contributed by atoms with Crippen LogP contribution in [0.2, 0.25) is 0 Å². The van der Waals surface area contributed by atoms with E-state index in [1.54, 1.807) is 6.20 Å². The summed E-state index contributed by atoms with van der Waals surface area (Å²) in [5.74, 6) is 0.958. The minimum Gasteiger partial charge on any atom is -0.379 e. The molecule has 0 unspecified atom stereocenters. The molecule has 0 spiro atoms. The van der Waals surface area contributed by atoms with Crippen molar-refractivity contribution in [3.05, 3.63) is 48.0 Å². The maximum atomic E-state index is 12.1. The Kier molecular flexibility index (Phi) is 6.55. The Bertz CT molecular complexity index is 653. The zero-order valence-electron chi connectivity index (χ0n) is 14.3. The second-order valence-corrected chi connectivity index (χ2v) is 6.09. The molecule has 0 bridgehead atoms. The van der Waals surface area contributed by atoms with Crippen LogP contribution in [0.1, 0.15) is 17.8 Å². The lowest BCUT2D eigenvalue weighted by Crippen LogP contribution is -2.38. The number of aromatic nitrogens is 2. The van der Waals surface area contributed by atoms with Gasteiger partial charge < -0.3 is 20.4 Å². The number of amides is 1. The van der Waals surface area contributed by atoms with E-state index in [1.807, 2.05) is 30.5 Å². The van der Waals surface area contributed by atoms with Crippen molar-refractivity contribution in [2.45, 2.75) is 19.5 Å². The van der Waals surface area contributed by atoms with Gasteiger partial charge in [0.15, 0.2) is 0 Å². The molecule has 1 amide bonds. The van der Waals surface area contributed by atoms with E-state index in [2.05, 4.69) is 25.5 Å². The second-order valence-electron chi connectivity index (χ2n) is 6.09. The van der Waals surface area contributed by atoms with E-state index in [4.69, 9.17) is 4.74 Å². The highest BCUT2D eigenvalue weighted by molar-refractivity contribution is 5.90. The van der Waals surface area contributed by atoms with Crippen molar-refractivity contribution in [2.24, 2.45) is 0 Å². The van der Waals surface area contributed by atoms with E-state index in [0.717, 1.165) is 56.5 Å². The molecule has 2 heterocycles. The van der Waals surface area contributed by atoms with Gasteiger partial charge in [-0.1, -0.05) is 12.1 Å².